The largest absolute Gasteiger partial charge is 0.321 e. The number of fused-ring (bicyclic) bond motifs is 1. The predicted octanol–water partition coefficient (Wildman–Crippen LogP) is 5.06. The maximum Gasteiger partial charge on any atom is 0.276 e. The van der Waals surface area contributed by atoms with E-state index in [1.54, 1.807) is 34.9 Å². The molecule has 8 heteroatoms. The topological polar surface area (TPSA) is 83.6 Å². The minimum Gasteiger partial charge on any atom is -0.321 e. The summed E-state index contributed by atoms with van der Waals surface area (Å²) in [7, 11) is 0. The van der Waals surface area contributed by atoms with Gasteiger partial charge in [-0.3, -0.25) is 9.89 Å². The molecule has 0 saturated heterocycles. The number of thiophene rings is 1. The molecule has 0 bridgehead atoms. The van der Waals surface area contributed by atoms with E-state index in [0.29, 0.717) is 11.4 Å². The minimum absolute atomic E-state index is 0.254. The molecule has 28 heavy (non-hydrogen) atoms. The minimum atomic E-state index is -0.254. The van der Waals surface area contributed by atoms with Crippen molar-refractivity contribution in [2.45, 2.75) is 0 Å². The standard InChI is InChI=1S/C20H13N5OS2/c26-18(16-11-15(24-25-16)17-4-2-10-27-17)22-13-7-5-12(6-8-13)19-23-14-3-1-9-21-20(14)28-19/h1-11H,(H,22,26)(H,24,25). The molecule has 0 spiro atoms. The monoisotopic (exact) mass is 403 g/mol. The first-order valence-electron chi connectivity index (χ1n) is 8.49. The van der Waals surface area contributed by atoms with E-state index in [0.717, 1.165) is 31.5 Å². The van der Waals surface area contributed by atoms with Crippen LogP contribution in [0.4, 0.5) is 5.69 Å². The van der Waals surface area contributed by atoms with Crippen LogP contribution in [-0.2, 0) is 0 Å². The lowest BCUT2D eigenvalue weighted by molar-refractivity contribution is 0.102. The van der Waals surface area contributed by atoms with Crippen LogP contribution in [0.15, 0.2) is 66.2 Å². The second kappa shape index (κ2) is 6.99. The van der Waals surface area contributed by atoms with Gasteiger partial charge in [0.1, 0.15) is 15.4 Å². The van der Waals surface area contributed by atoms with Gasteiger partial charge in [-0.25, -0.2) is 9.97 Å². The summed E-state index contributed by atoms with van der Waals surface area (Å²) in [6, 6.07) is 17.1. The van der Waals surface area contributed by atoms with Crippen LogP contribution in [0.25, 0.3) is 31.5 Å². The highest BCUT2D eigenvalue weighted by atomic mass is 32.1. The average Bonchev–Trinajstić information content (AvgIpc) is 3.48. The second-order valence-electron chi connectivity index (χ2n) is 6.02. The molecular formula is C20H13N5OS2. The summed E-state index contributed by atoms with van der Waals surface area (Å²) in [6.45, 7) is 0. The molecule has 4 aromatic heterocycles. The van der Waals surface area contributed by atoms with Crippen LogP contribution in [0.2, 0.25) is 0 Å². The van der Waals surface area contributed by atoms with Crippen LogP contribution in [0.3, 0.4) is 0 Å². The Morgan fingerprint density at radius 2 is 1.96 bits per heavy atom. The lowest BCUT2D eigenvalue weighted by atomic mass is 10.2. The number of hydrogen-bond acceptors (Lipinski definition) is 6. The molecule has 0 aliphatic rings. The molecule has 4 heterocycles. The molecule has 5 aromatic rings. The number of aromatic amines is 1. The van der Waals surface area contributed by atoms with Crippen molar-refractivity contribution in [1.82, 2.24) is 20.2 Å². The normalized spacial score (nSPS) is 11.0. The van der Waals surface area contributed by atoms with E-state index in [1.807, 2.05) is 53.9 Å². The van der Waals surface area contributed by atoms with Gasteiger partial charge in [-0.2, -0.15) is 5.10 Å². The van der Waals surface area contributed by atoms with Gasteiger partial charge in [-0.15, -0.1) is 11.3 Å². The van der Waals surface area contributed by atoms with Crippen LogP contribution in [-0.4, -0.2) is 26.1 Å². The first-order valence-corrected chi connectivity index (χ1v) is 10.2. The van der Waals surface area contributed by atoms with Crippen molar-refractivity contribution in [2.75, 3.05) is 5.32 Å². The molecule has 0 atom stereocenters. The lowest BCUT2D eigenvalue weighted by Crippen LogP contribution is -2.12. The van der Waals surface area contributed by atoms with E-state index < -0.39 is 0 Å². The van der Waals surface area contributed by atoms with Gasteiger partial charge in [-0.05, 0) is 53.9 Å². The van der Waals surface area contributed by atoms with Crippen molar-refractivity contribution in [3.63, 3.8) is 0 Å². The van der Waals surface area contributed by atoms with Gasteiger partial charge in [-0.1, -0.05) is 17.4 Å². The van der Waals surface area contributed by atoms with Crippen LogP contribution >= 0.6 is 22.7 Å². The van der Waals surface area contributed by atoms with E-state index in [4.69, 9.17) is 0 Å². The fourth-order valence-electron chi connectivity index (χ4n) is 2.78. The van der Waals surface area contributed by atoms with Gasteiger partial charge in [0.2, 0.25) is 0 Å². The van der Waals surface area contributed by atoms with Crippen LogP contribution in [0.5, 0.6) is 0 Å². The number of nitrogens with one attached hydrogen (secondary N) is 2. The Morgan fingerprint density at radius 1 is 1.07 bits per heavy atom. The third-order valence-electron chi connectivity index (χ3n) is 4.15. The molecule has 2 N–H and O–H groups in total. The first-order chi connectivity index (χ1) is 13.8. The number of aromatic nitrogens is 4. The maximum absolute atomic E-state index is 12.5. The van der Waals surface area contributed by atoms with Gasteiger partial charge < -0.3 is 5.32 Å². The van der Waals surface area contributed by atoms with Gasteiger partial charge in [0.15, 0.2) is 5.69 Å². The molecular weight excluding hydrogens is 390 g/mol. The molecule has 6 nitrogen and oxygen atoms in total. The number of nitrogens with zero attached hydrogens (tertiary/aromatic N) is 3. The number of carbonyl (C=O) groups is 1. The zero-order valence-electron chi connectivity index (χ0n) is 14.4. The lowest BCUT2D eigenvalue weighted by Gasteiger charge is -2.03. The maximum atomic E-state index is 12.5. The molecule has 1 aromatic carbocycles. The molecule has 0 fully saturated rings. The number of amides is 1. The molecule has 5 rings (SSSR count). The fourth-order valence-corrected chi connectivity index (χ4v) is 4.39. The number of H-pyrrole nitrogens is 1. The van der Waals surface area contributed by atoms with E-state index >= 15 is 0 Å². The number of carbonyl (C=O) groups excluding carboxylic acids is 1. The van der Waals surface area contributed by atoms with Crippen molar-refractivity contribution in [2.24, 2.45) is 0 Å². The molecule has 0 radical (unpaired) electrons. The van der Waals surface area contributed by atoms with Gasteiger partial charge in [0.05, 0.1) is 10.6 Å². The molecule has 0 aliphatic carbocycles. The van der Waals surface area contributed by atoms with E-state index in [-0.39, 0.29) is 5.91 Å². The van der Waals surface area contributed by atoms with Gasteiger partial charge >= 0.3 is 0 Å². The summed E-state index contributed by atoms with van der Waals surface area (Å²) in [4.78, 5) is 23.3. The Bertz CT molecular complexity index is 1220. The number of anilines is 1. The van der Waals surface area contributed by atoms with E-state index in [1.165, 1.54) is 0 Å². The van der Waals surface area contributed by atoms with Crippen LogP contribution in [0, 0.1) is 0 Å². The summed E-state index contributed by atoms with van der Waals surface area (Å²) in [5.74, 6) is -0.254. The summed E-state index contributed by atoms with van der Waals surface area (Å²) < 4.78 is 0. The summed E-state index contributed by atoms with van der Waals surface area (Å²) in [5.41, 5.74) is 3.76. The van der Waals surface area contributed by atoms with Crippen molar-refractivity contribution >= 4 is 44.6 Å². The quantitative estimate of drug-likeness (QED) is 0.439. The average molecular weight is 403 g/mol. The van der Waals surface area contributed by atoms with Crippen molar-refractivity contribution in [3.05, 3.63) is 71.9 Å². The molecule has 0 saturated carbocycles. The molecule has 0 aliphatic heterocycles. The van der Waals surface area contributed by atoms with Gasteiger partial charge in [0.25, 0.3) is 5.91 Å². The highest BCUT2D eigenvalue weighted by Gasteiger charge is 2.13. The Labute approximate surface area is 167 Å². The van der Waals surface area contributed by atoms with E-state index in [2.05, 4.69) is 25.5 Å². The molecule has 136 valence electrons. The number of benzene rings is 1. The number of thiazole rings is 1. The summed E-state index contributed by atoms with van der Waals surface area (Å²) in [6.07, 6.45) is 1.77. The fraction of sp³-hybridized carbons (Fsp3) is 0. The Morgan fingerprint density at radius 3 is 2.75 bits per heavy atom. The second-order valence-corrected chi connectivity index (χ2v) is 7.95. The number of rotatable bonds is 4. The molecule has 1 amide bonds. The SMILES string of the molecule is O=C(Nc1ccc(-c2nc3cccnc3s2)cc1)c1cc(-c2cccs2)[nH]n1. The zero-order chi connectivity index (χ0) is 18.9. The Hall–Kier alpha value is -3.36. The van der Waals surface area contributed by atoms with Gasteiger partial charge in [0, 0.05) is 17.4 Å². The first kappa shape index (κ1) is 16.8. The predicted molar refractivity (Wildman–Crippen MR) is 113 cm³/mol. The number of hydrogen-bond donors (Lipinski definition) is 2. The van der Waals surface area contributed by atoms with Crippen molar-refractivity contribution in [1.29, 1.82) is 0 Å². The third kappa shape index (κ3) is 3.19. The van der Waals surface area contributed by atoms with Crippen molar-refractivity contribution < 1.29 is 4.79 Å². The summed E-state index contributed by atoms with van der Waals surface area (Å²) >= 11 is 3.14. The third-order valence-corrected chi connectivity index (χ3v) is 6.08. The van der Waals surface area contributed by atoms with Crippen LogP contribution < -0.4 is 5.32 Å². The smallest absolute Gasteiger partial charge is 0.276 e. The van der Waals surface area contributed by atoms with Crippen molar-refractivity contribution in [3.8, 4) is 21.1 Å². The Balaban J connectivity index is 1.32. The van der Waals surface area contributed by atoms with Crippen LogP contribution in [0.1, 0.15) is 10.5 Å². The highest BCUT2D eigenvalue weighted by molar-refractivity contribution is 7.21. The number of pyridine rings is 1. The Kier molecular flexibility index (Phi) is 4.19. The summed E-state index contributed by atoms with van der Waals surface area (Å²) in [5, 5.41) is 12.8. The zero-order valence-corrected chi connectivity index (χ0v) is 16.1. The highest BCUT2D eigenvalue weighted by Crippen LogP contribution is 2.29. The molecule has 0 unspecified atom stereocenters. The van der Waals surface area contributed by atoms with E-state index in [9.17, 15) is 4.79 Å².